The second-order valence-electron chi connectivity index (χ2n) is 14.1. The summed E-state index contributed by atoms with van der Waals surface area (Å²) in [6.45, 7) is 17.5. The van der Waals surface area contributed by atoms with Gasteiger partial charge in [-0.05, 0) is 109 Å². The minimum absolute atomic E-state index is 0.0781. The van der Waals surface area contributed by atoms with E-state index in [9.17, 15) is 5.11 Å². The maximum atomic E-state index is 10.8. The van der Waals surface area contributed by atoms with Crippen molar-refractivity contribution in [2.24, 2.45) is 57.7 Å². The van der Waals surface area contributed by atoms with E-state index in [1.165, 1.54) is 57.8 Å². The van der Waals surface area contributed by atoms with Gasteiger partial charge in [0.15, 0.2) is 0 Å². The van der Waals surface area contributed by atoms with Crippen LogP contribution in [0.2, 0.25) is 0 Å². The number of fused-ring (bicyclic) bond motifs is 5. The average Bonchev–Trinajstić information content (AvgIpc) is 2.97. The van der Waals surface area contributed by atoms with E-state index < -0.39 is 0 Å². The molecule has 30 heavy (non-hydrogen) atoms. The molecule has 0 saturated heterocycles. The Morgan fingerprint density at radius 3 is 2.20 bits per heavy atom. The number of aliphatic hydroxyl groups is 1. The zero-order valence-electron chi connectivity index (χ0n) is 21.3. The van der Waals surface area contributed by atoms with Crippen LogP contribution < -0.4 is 0 Å². The molecule has 0 amide bonds. The fourth-order valence-electron chi connectivity index (χ4n) is 10.4. The molecule has 4 aliphatic carbocycles. The van der Waals surface area contributed by atoms with Crippen molar-refractivity contribution in [1.29, 1.82) is 0 Å². The summed E-state index contributed by atoms with van der Waals surface area (Å²) in [6, 6.07) is 0. The van der Waals surface area contributed by atoms with Crippen LogP contribution in [-0.4, -0.2) is 11.2 Å². The minimum Gasteiger partial charge on any atom is -0.393 e. The molecular formula is C29H52O. The topological polar surface area (TPSA) is 20.2 Å². The predicted octanol–water partition coefficient (Wildman–Crippen LogP) is 8.10. The normalized spacial score (nSPS) is 48.7. The molecule has 0 heterocycles. The lowest BCUT2D eigenvalue weighted by Crippen LogP contribution is -2.58. The van der Waals surface area contributed by atoms with E-state index in [1.807, 2.05) is 0 Å². The summed E-state index contributed by atoms with van der Waals surface area (Å²) < 4.78 is 0. The molecule has 0 aromatic heterocycles. The first-order valence-electron chi connectivity index (χ1n) is 13.7. The Balaban J connectivity index is 1.51. The van der Waals surface area contributed by atoms with Crippen LogP contribution in [0.1, 0.15) is 119 Å². The second-order valence-corrected chi connectivity index (χ2v) is 14.1. The van der Waals surface area contributed by atoms with Gasteiger partial charge in [-0.15, -0.1) is 0 Å². The van der Waals surface area contributed by atoms with Crippen molar-refractivity contribution in [2.75, 3.05) is 0 Å². The summed E-state index contributed by atoms with van der Waals surface area (Å²) in [7, 11) is 0. The van der Waals surface area contributed by atoms with Crippen LogP contribution in [0.25, 0.3) is 0 Å². The first-order chi connectivity index (χ1) is 14.0. The van der Waals surface area contributed by atoms with Gasteiger partial charge in [0.2, 0.25) is 0 Å². The maximum absolute atomic E-state index is 10.8. The van der Waals surface area contributed by atoms with E-state index in [0.29, 0.717) is 16.2 Å². The summed E-state index contributed by atoms with van der Waals surface area (Å²) in [6.07, 6.45) is 15.0. The smallest absolute Gasteiger partial charge is 0.0550 e. The summed E-state index contributed by atoms with van der Waals surface area (Å²) in [5.41, 5.74) is 1.26. The van der Waals surface area contributed by atoms with E-state index in [-0.39, 0.29) is 6.10 Å². The summed E-state index contributed by atoms with van der Waals surface area (Å²) in [5, 5.41) is 10.8. The standard InChI is InChI=1S/C29H52O/c1-19(2)9-8-10-20(3)23-12-13-24-22-11-14-26-27(4,5)17-21(30)18-29(26,7)25(22)15-16-28(23,24)6/h19-26,30H,8-18H2,1-7H3/t20-,21+,22+,23-,24+,25+,26+,28-,29-/m1/s1. The SMILES string of the molecule is CC(C)CCC[C@@H](C)[C@H]1CC[C@H]2[C@@H]3CC[C@H]4C(C)(C)C[C@H](O)C[C@]4(C)[C@H]3CC[C@]12C. The molecule has 1 nitrogen and oxygen atoms in total. The first-order valence-corrected chi connectivity index (χ1v) is 13.7. The highest BCUT2D eigenvalue weighted by Gasteiger charge is 2.63. The van der Waals surface area contributed by atoms with Gasteiger partial charge in [0.05, 0.1) is 6.10 Å². The van der Waals surface area contributed by atoms with E-state index in [1.54, 1.807) is 0 Å². The molecule has 0 aliphatic heterocycles. The third kappa shape index (κ3) is 3.72. The molecular weight excluding hydrogens is 364 g/mol. The van der Waals surface area contributed by atoms with Gasteiger partial charge in [-0.3, -0.25) is 0 Å². The van der Waals surface area contributed by atoms with Gasteiger partial charge in [0, 0.05) is 0 Å². The Labute approximate surface area is 188 Å². The molecule has 0 bridgehead atoms. The van der Waals surface area contributed by atoms with Gasteiger partial charge in [-0.1, -0.05) is 67.7 Å². The Kier molecular flexibility index (Phi) is 6.22. The summed E-state index contributed by atoms with van der Waals surface area (Å²) in [4.78, 5) is 0. The van der Waals surface area contributed by atoms with Gasteiger partial charge >= 0.3 is 0 Å². The fraction of sp³-hybridized carbons (Fsp3) is 1.00. The molecule has 174 valence electrons. The lowest BCUT2D eigenvalue weighted by Gasteiger charge is -2.64. The van der Waals surface area contributed by atoms with Gasteiger partial charge in [0.25, 0.3) is 0 Å². The Morgan fingerprint density at radius 1 is 0.800 bits per heavy atom. The average molecular weight is 417 g/mol. The zero-order valence-corrected chi connectivity index (χ0v) is 21.3. The Hall–Kier alpha value is -0.0400. The molecule has 1 heteroatoms. The van der Waals surface area contributed by atoms with E-state index in [4.69, 9.17) is 0 Å². The molecule has 0 unspecified atom stereocenters. The van der Waals surface area contributed by atoms with Crippen LogP contribution in [0.5, 0.6) is 0 Å². The number of rotatable bonds is 5. The maximum Gasteiger partial charge on any atom is 0.0550 e. The van der Waals surface area contributed by atoms with Crippen molar-refractivity contribution >= 4 is 0 Å². The fourth-order valence-corrected chi connectivity index (χ4v) is 10.4. The highest BCUT2D eigenvalue weighted by molar-refractivity contribution is 5.12. The molecule has 0 radical (unpaired) electrons. The third-order valence-electron chi connectivity index (χ3n) is 11.5. The monoisotopic (exact) mass is 416 g/mol. The van der Waals surface area contributed by atoms with E-state index >= 15 is 0 Å². The third-order valence-corrected chi connectivity index (χ3v) is 11.5. The first kappa shape index (κ1) is 23.1. The van der Waals surface area contributed by atoms with Crippen LogP contribution in [-0.2, 0) is 0 Å². The lowest BCUT2D eigenvalue weighted by molar-refractivity contribution is -0.170. The van der Waals surface area contributed by atoms with Crippen molar-refractivity contribution in [3.05, 3.63) is 0 Å². The zero-order chi connectivity index (χ0) is 21.9. The quantitative estimate of drug-likeness (QED) is 0.480. The van der Waals surface area contributed by atoms with Crippen molar-refractivity contribution in [2.45, 2.75) is 125 Å². The lowest BCUT2D eigenvalue weighted by atomic mass is 9.41. The van der Waals surface area contributed by atoms with E-state index in [0.717, 1.165) is 54.3 Å². The van der Waals surface area contributed by atoms with Crippen LogP contribution in [0.15, 0.2) is 0 Å². The summed E-state index contributed by atoms with van der Waals surface area (Å²) >= 11 is 0. The molecule has 0 spiro atoms. The van der Waals surface area contributed by atoms with Crippen LogP contribution in [0.3, 0.4) is 0 Å². The van der Waals surface area contributed by atoms with Crippen LogP contribution in [0.4, 0.5) is 0 Å². The number of aliphatic hydroxyl groups excluding tert-OH is 1. The Bertz CT molecular complexity index is 607. The van der Waals surface area contributed by atoms with Gasteiger partial charge in [0.1, 0.15) is 0 Å². The largest absolute Gasteiger partial charge is 0.393 e. The second kappa shape index (κ2) is 8.07. The molecule has 4 rings (SSSR count). The highest BCUT2D eigenvalue weighted by atomic mass is 16.3. The molecule has 0 aromatic rings. The van der Waals surface area contributed by atoms with Crippen molar-refractivity contribution < 1.29 is 5.11 Å². The molecule has 4 saturated carbocycles. The molecule has 4 aliphatic rings. The number of hydrogen-bond acceptors (Lipinski definition) is 1. The summed E-state index contributed by atoms with van der Waals surface area (Å²) in [5.74, 6) is 6.26. The molecule has 9 atom stereocenters. The molecule has 0 aromatic carbocycles. The predicted molar refractivity (Wildman–Crippen MR) is 128 cm³/mol. The van der Waals surface area contributed by atoms with Gasteiger partial charge < -0.3 is 5.11 Å². The highest BCUT2D eigenvalue weighted by Crippen LogP contribution is 2.70. The number of hydrogen-bond donors (Lipinski definition) is 1. The van der Waals surface area contributed by atoms with Gasteiger partial charge in [-0.2, -0.15) is 0 Å². The van der Waals surface area contributed by atoms with Crippen LogP contribution >= 0.6 is 0 Å². The van der Waals surface area contributed by atoms with Crippen LogP contribution in [0, 0.1) is 57.7 Å². The van der Waals surface area contributed by atoms with Crippen molar-refractivity contribution in [3.8, 4) is 0 Å². The van der Waals surface area contributed by atoms with Gasteiger partial charge in [-0.25, -0.2) is 0 Å². The minimum atomic E-state index is -0.0781. The Morgan fingerprint density at radius 2 is 1.50 bits per heavy atom. The molecule has 4 fully saturated rings. The van der Waals surface area contributed by atoms with Crippen molar-refractivity contribution in [3.63, 3.8) is 0 Å². The van der Waals surface area contributed by atoms with E-state index in [2.05, 4.69) is 48.5 Å². The molecule has 1 N–H and O–H groups in total. The van der Waals surface area contributed by atoms with Crippen molar-refractivity contribution in [1.82, 2.24) is 0 Å².